The second kappa shape index (κ2) is 7.14. The standard InChI is InChI=1S/C17H19N5O2S/c1-10-2-3-12(20-7-10)13-4-5-14(16(19)24)22(13)15(6-18)17-21-11(8-23)9-25-17/h2-5,7,9,15,23H,6,8,18H2,1H3,(H2,19,24). The largest absolute Gasteiger partial charge is 0.390 e. The number of carbonyl (C=O) groups excluding carboxylic acids is 1. The van der Waals surface area contributed by atoms with Crippen LogP contribution in [0.4, 0.5) is 0 Å². The number of pyridine rings is 1. The molecule has 5 N–H and O–H groups in total. The summed E-state index contributed by atoms with van der Waals surface area (Å²) < 4.78 is 1.78. The van der Waals surface area contributed by atoms with Crippen molar-refractivity contribution in [2.24, 2.45) is 11.5 Å². The van der Waals surface area contributed by atoms with Gasteiger partial charge in [-0.3, -0.25) is 9.78 Å². The van der Waals surface area contributed by atoms with Gasteiger partial charge in [-0.25, -0.2) is 4.98 Å². The van der Waals surface area contributed by atoms with E-state index in [1.807, 2.05) is 19.1 Å². The Balaban J connectivity index is 2.15. The van der Waals surface area contributed by atoms with Crippen LogP contribution >= 0.6 is 11.3 Å². The molecule has 3 heterocycles. The summed E-state index contributed by atoms with van der Waals surface area (Å²) in [4.78, 5) is 20.8. The van der Waals surface area contributed by atoms with E-state index in [-0.39, 0.29) is 19.2 Å². The highest BCUT2D eigenvalue weighted by molar-refractivity contribution is 7.09. The molecule has 1 atom stereocenters. The summed E-state index contributed by atoms with van der Waals surface area (Å²) in [7, 11) is 0. The highest BCUT2D eigenvalue weighted by Gasteiger charge is 2.24. The van der Waals surface area contributed by atoms with E-state index in [1.54, 1.807) is 28.3 Å². The van der Waals surface area contributed by atoms with E-state index >= 15 is 0 Å². The lowest BCUT2D eigenvalue weighted by Gasteiger charge is -2.20. The van der Waals surface area contributed by atoms with Crippen LogP contribution in [-0.2, 0) is 6.61 Å². The summed E-state index contributed by atoms with van der Waals surface area (Å²) in [5, 5.41) is 11.7. The van der Waals surface area contributed by atoms with Crippen LogP contribution in [0.3, 0.4) is 0 Å². The van der Waals surface area contributed by atoms with Crippen molar-refractivity contribution in [3.05, 3.63) is 57.8 Å². The maximum Gasteiger partial charge on any atom is 0.265 e. The average Bonchev–Trinajstić information content (AvgIpc) is 3.24. The highest BCUT2D eigenvalue weighted by Crippen LogP contribution is 2.30. The van der Waals surface area contributed by atoms with E-state index in [0.717, 1.165) is 17.0 Å². The lowest BCUT2D eigenvalue weighted by atomic mass is 10.2. The SMILES string of the molecule is Cc1ccc(-c2ccc(C(N)=O)n2C(CN)c2nc(CO)cs2)nc1. The molecule has 0 aliphatic heterocycles. The van der Waals surface area contributed by atoms with Crippen molar-refractivity contribution in [2.75, 3.05) is 6.54 Å². The summed E-state index contributed by atoms with van der Waals surface area (Å²) in [6.07, 6.45) is 1.77. The molecule has 1 unspecified atom stereocenters. The first-order chi connectivity index (χ1) is 12.0. The Kier molecular flexibility index (Phi) is 4.93. The molecule has 8 heteroatoms. The molecule has 7 nitrogen and oxygen atoms in total. The van der Waals surface area contributed by atoms with E-state index in [0.29, 0.717) is 16.4 Å². The Morgan fingerprint density at radius 2 is 2.16 bits per heavy atom. The molecule has 0 aliphatic carbocycles. The zero-order valence-electron chi connectivity index (χ0n) is 13.7. The van der Waals surface area contributed by atoms with Crippen LogP contribution in [0.15, 0.2) is 35.8 Å². The molecule has 0 saturated carbocycles. The third kappa shape index (κ3) is 3.32. The fraction of sp³-hybridized carbons (Fsp3) is 0.235. The van der Waals surface area contributed by atoms with E-state index in [9.17, 15) is 9.90 Å². The number of aliphatic hydroxyl groups excluding tert-OH is 1. The Morgan fingerprint density at radius 3 is 2.72 bits per heavy atom. The van der Waals surface area contributed by atoms with Gasteiger partial charge in [0.25, 0.3) is 5.91 Å². The first-order valence-electron chi connectivity index (χ1n) is 7.74. The molecular weight excluding hydrogens is 338 g/mol. The minimum absolute atomic E-state index is 0.144. The molecule has 0 radical (unpaired) electrons. The number of aromatic nitrogens is 3. The number of thiazole rings is 1. The molecule has 3 rings (SSSR count). The smallest absolute Gasteiger partial charge is 0.265 e. The fourth-order valence-corrected chi connectivity index (χ4v) is 3.59. The third-order valence-corrected chi connectivity index (χ3v) is 4.89. The van der Waals surface area contributed by atoms with E-state index < -0.39 is 5.91 Å². The Hall–Kier alpha value is -2.55. The van der Waals surface area contributed by atoms with Crippen LogP contribution in [0.25, 0.3) is 11.4 Å². The van der Waals surface area contributed by atoms with Crippen LogP contribution in [-0.4, -0.2) is 32.1 Å². The summed E-state index contributed by atoms with van der Waals surface area (Å²) in [6, 6.07) is 6.94. The Morgan fingerprint density at radius 1 is 1.36 bits per heavy atom. The first-order valence-corrected chi connectivity index (χ1v) is 8.62. The minimum Gasteiger partial charge on any atom is -0.390 e. The lowest BCUT2D eigenvalue weighted by molar-refractivity contribution is 0.0990. The Labute approximate surface area is 149 Å². The number of hydrogen-bond donors (Lipinski definition) is 3. The van der Waals surface area contributed by atoms with Crippen molar-refractivity contribution >= 4 is 17.2 Å². The summed E-state index contributed by atoms with van der Waals surface area (Å²) in [5.74, 6) is -0.546. The van der Waals surface area contributed by atoms with Gasteiger partial charge in [0.05, 0.1) is 29.7 Å². The number of nitrogens with two attached hydrogens (primary N) is 2. The van der Waals surface area contributed by atoms with Crippen LogP contribution in [0.5, 0.6) is 0 Å². The monoisotopic (exact) mass is 357 g/mol. The quantitative estimate of drug-likeness (QED) is 0.617. The van der Waals surface area contributed by atoms with Crippen LogP contribution in [0, 0.1) is 6.92 Å². The Bertz CT molecular complexity index is 885. The number of nitrogens with zero attached hydrogens (tertiary/aromatic N) is 3. The van der Waals surface area contributed by atoms with E-state index in [4.69, 9.17) is 11.5 Å². The van der Waals surface area contributed by atoms with Crippen molar-refractivity contribution < 1.29 is 9.90 Å². The lowest BCUT2D eigenvalue weighted by Crippen LogP contribution is -2.26. The topological polar surface area (TPSA) is 120 Å². The number of rotatable bonds is 6. The van der Waals surface area contributed by atoms with Gasteiger partial charge >= 0.3 is 0 Å². The molecule has 0 bridgehead atoms. The van der Waals surface area contributed by atoms with E-state index in [1.165, 1.54) is 11.3 Å². The number of primary amides is 1. The molecule has 1 amide bonds. The van der Waals surface area contributed by atoms with Crippen molar-refractivity contribution in [3.63, 3.8) is 0 Å². The number of amides is 1. The summed E-state index contributed by atoms with van der Waals surface area (Å²) >= 11 is 1.39. The average molecular weight is 357 g/mol. The molecule has 3 aromatic heterocycles. The molecule has 0 aromatic carbocycles. The second-order valence-corrected chi connectivity index (χ2v) is 6.54. The minimum atomic E-state index is -0.546. The van der Waals surface area contributed by atoms with Gasteiger partial charge in [-0.15, -0.1) is 11.3 Å². The van der Waals surface area contributed by atoms with Crippen molar-refractivity contribution in [3.8, 4) is 11.4 Å². The first kappa shape index (κ1) is 17.3. The van der Waals surface area contributed by atoms with E-state index in [2.05, 4.69) is 9.97 Å². The predicted octanol–water partition coefficient (Wildman–Crippen LogP) is 1.45. The molecular formula is C17H19N5O2S. The zero-order valence-corrected chi connectivity index (χ0v) is 14.5. The van der Waals surface area contributed by atoms with Crippen LogP contribution in [0.1, 0.15) is 32.8 Å². The van der Waals surface area contributed by atoms with Gasteiger partial charge in [-0.05, 0) is 30.7 Å². The molecule has 0 saturated heterocycles. The van der Waals surface area contributed by atoms with Gasteiger partial charge in [0.1, 0.15) is 10.7 Å². The number of aliphatic hydroxyl groups is 1. The maximum atomic E-state index is 11.9. The zero-order chi connectivity index (χ0) is 18.0. The predicted molar refractivity (Wildman–Crippen MR) is 96.1 cm³/mol. The van der Waals surface area contributed by atoms with Crippen LogP contribution in [0.2, 0.25) is 0 Å². The summed E-state index contributed by atoms with van der Waals surface area (Å²) in [5.41, 5.74) is 15.0. The molecule has 0 spiro atoms. The number of aryl methyl sites for hydroxylation is 1. The van der Waals surface area contributed by atoms with Gasteiger partial charge in [0.2, 0.25) is 0 Å². The molecule has 3 aromatic rings. The molecule has 25 heavy (non-hydrogen) atoms. The van der Waals surface area contributed by atoms with Gasteiger partial charge in [-0.2, -0.15) is 0 Å². The summed E-state index contributed by atoms with van der Waals surface area (Å²) in [6.45, 7) is 2.04. The second-order valence-electron chi connectivity index (χ2n) is 5.65. The normalized spacial score (nSPS) is 12.3. The van der Waals surface area contributed by atoms with Crippen molar-refractivity contribution in [1.29, 1.82) is 0 Å². The highest BCUT2D eigenvalue weighted by atomic mass is 32.1. The number of carbonyl (C=O) groups is 1. The van der Waals surface area contributed by atoms with Crippen LogP contribution < -0.4 is 11.5 Å². The number of hydrogen-bond acceptors (Lipinski definition) is 6. The van der Waals surface area contributed by atoms with Gasteiger partial charge in [-0.1, -0.05) is 6.07 Å². The maximum absolute atomic E-state index is 11.9. The van der Waals surface area contributed by atoms with Crippen molar-refractivity contribution in [1.82, 2.24) is 14.5 Å². The van der Waals surface area contributed by atoms with Crippen molar-refractivity contribution in [2.45, 2.75) is 19.6 Å². The molecule has 130 valence electrons. The molecule has 0 fully saturated rings. The van der Waals surface area contributed by atoms with Gasteiger partial charge in [0, 0.05) is 18.1 Å². The third-order valence-electron chi connectivity index (χ3n) is 3.90. The molecule has 0 aliphatic rings. The van der Waals surface area contributed by atoms with Gasteiger partial charge < -0.3 is 21.1 Å². The fourth-order valence-electron chi connectivity index (χ4n) is 2.68. The van der Waals surface area contributed by atoms with Gasteiger partial charge in [0.15, 0.2) is 0 Å².